The lowest BCUT2D eigenvalue weighted by molar-refractivity contribution is -0.153. The molecule has 2 N–H and O–H groups in total. The lowest BCUT2D eigenvalue weighted by atomic mass is 10.3. The van der Waals surface area contributed by atoms with Gasteiger partial charge in [-0.25, -0.2) is 0 Å². The zero-order chi connectivity index (χ0) is 14.3. The fraction of sp³-hybridized carbons (Fsp3) is 0.385. The van der Waals surface area contributed by atoms with E-state index in [1.54, 1.807) is 11.8 Å². The second kappa shape index (κ2) is 8.07. The van der Waals surface area contributed by atoms with E-state index >= 15 is 0 Å². The number of carbonyl (C=O) groups is 2. The number of ether oxygens (including phenoxy) is 1. The second-order valence-electron chi connectivity index (χ2n) is 3.94. The molecular weight excluding hydrogens is 286 g/mol. The molecule has 4 nitrogen and oxygen atoms in total. The van der Waals surface area contributed by atoms with Gasteiger partial charge in [0.25, 0.3) is 5.91 Å². The largest absolute Gasteiger partial charge is 0.453 e. The Morgan fingerprint density at radius 2 is 2.00 bits per heavy atom. The minimum atomic E-state index is -0.864. The highest BCUT2D eigenvalue weighted by atomic mass is 35.5. The lowest BCUT2D eigenvalue weighted by Crippen LogP contribution is -2.30. The summed E-state index contributed by atoms with van der Waals surface area (Å²) < 4.78 is 4.84. The molecule has 0 fully saturated rings. The SMILES string of the molecule is C[C@H](OC(=O)CCCSc1ccc(Cl)cc1)C(N)=O. The Labute approximate surface area is 121 Å². The van der Waals surface area contributed by atoms with Gasteiger partial charge in [0.15, 0.2) is 6.10 Å². The predicted molar refractivity (Wildman–Crippen MR) is 76.2 cm³/mol. The van der Waals surface area contributed by atoms with Gasteiger partial charge >= 0.3 is 5.97 Å². The Morgan fingerprint density at radius 3 is 2.58 bits per heavy atom. The molecule has 19 heavy (non-hydrogen) atoms. The van der Waals surface area contributed by atoms with Crippen molar-refractivity contribution in [2.75, 3.05) is 5.75 Å². The Bertz CT molecular complexity index is 436. The number of thioether (sulfide) groups is 1. The Hall–Kier alpha value is -1.20. The first-order valence-electron chi connectivity index (χ1n) is 5.86. The number of halogens is 1. The summed E-state index contributed by atoms with van der Waals surface area (Å²) in [4.78, 5) is 23.2. The second-order valence-corrected chi connectivity index (χ2v) is 5.55. The number of benzene rings is 1. The summed E-state index contributed by atoms with van der Waals surface area (Å²) in [7, 11) is 0. The molecule has 1 atom stereocenters. The van der Waals surface area contributed by atoms with Gasteiger partial charge in [0.2, 0.25) is 0 Å². The van der Waals surface area contributed by atoms with Crippen LogP contribution in [0.15, 0.2) is 29.2 Å². The Morgan fingerprint density at radius 1 is 1.37 bits per heavy atom. The van der Waals surface area contributed by atoms with Crippen molar-refractivity contribution in [1.29, 1.82) is 0 Å². The highest BCUT2D eigenvalue weighted by molar-refractivity contribution is 7.99. The Balaban J connectivity index is 2.18. The fourth-order valence-corrected chi connectivity index (χ4v) is 2.23. The van der Waals surface area contributed by atoms with Crippen LogP contribution < -0.4 is 5.73 Å². The van der Waals surface area contributed by atoms with Crippen LogP contribution in [0.2, 0.25) is 5.02 Å². The van der Waals surface area contributed by atoms with Gasteiger partial charge in [0.1, 0.15) is 0 Å². The van der Waals surface area contributed by atoms with Crippen molar-refractivity contribution < 1.29 is 14.3 Å². The first kappa shape index (κ1) is 15.9. The minimum absolute atomic E-state index is 0.276. The van der Waals surface area contributed by atoms with Crippen LogP contribution in [0.25, 0.3) is 0 Å². The van der Waals surface area contributed by atoms with Gasteiger partial charge in [-0.15, -0.1) is 11.8 Å². The van der Waals surface area contributed by atoms with Gasteiger partial charge in [-0.2, -0.15) is 0 Å². The Kier molecular flexibility index (Phi) is 6.73. The molecule has 0 saturated carbocycles. The topological polar surface area (TPSA) is 69.4 Å². The summed E-state index contributed by atoms with van der Waals surface area (Å²) in [6, 6.07) is 7.51. The maximum absolute atomic E-state index is 11.4. The van der Waals surface area contributed by atoms with Gasteiger partial charge < -0.3 is 10.5 Å². The number of hydrogen-bond donors (Lipinski definition) is 1. The van der Waals surface area contributed by atoms with Crippen LogP contribution >= 0.6 is 23.4 Å². The molecule has 1 rings (SSSR count). The van der Waals surface area contributed by atoms with Crippen molar-refractivity contribution in [3.63, 3.8) is 0 Å². The van der Waals surface area contributed by atoms with Crippen LogP contribution in [0.4, 0.5) is 0 Å². The van der Waals surface area contributed by atoms with Crippen LogP contribution in [0.5, 0.6) is 0 Å². The highest BCUT2D eigenvalue weighted by Crippen LogP contribution is 2.21. The summed E-state index contributed by atoms with van der Waals surface area (Å²) in [6.07, 6.45) is 0.0898. The van der Waals surface area contributed by atoms with E-state index in [9.17, 15) is 9.59 Å². The third kappa shape index (κ3) is 6.50. The molecule has 0 aliphatic heterocycles. The average molecular weight is 302 g/mol. The number of hydrogen-bond acceptors (Lipinski definition) is 4. The number of amides is 1. The lowest BCUT2D eigenvalue weighted by Gasteiger charge is -2.09. The monoisotopic (exact) mass is 301 g/mol. The number of carbonyl (C=O) groups excluding carboxylic acids is 2. The van der Waals surface area contributed by atoms with Crippen molar-refractivity contribution in [2.45, 2.75) is 30.8 Å². The third-order valence-electron chi connectivity index (χ3n) is 2.32. The summed E-state index contributed by atoms with van der Waals surface area (Å²) in [6.45, 7) is 1.46. The molecule has 6 heteroatoms. The van der Waals surface area contributed by atoms with E-state index in [-0.39, 0.29) is 6.42 Å². The van der Waals surface area contributed by atoms with E-state index in [0.29, 0.717) is 11.4 Å². The molecule has 0 bridgehead atoms. The van der Waals surface area contributed by atoms with E-state index in [1.165, 1.54) is 6.92 Å². The normalized spacial score (nSPS) is 11.9. The number of esters is 1. The molecular formula is C13H16ClNO3S. The summed E-state index contributed by atoms with van der Waals surface area (Å²) >= 11 is 7.42. The molecule has 0 unspecified atom stereocenters. The zero-order valence-corrected chi connectivity index (χ0v) is 12.2. The maximum Gasteiger partial charge on any atom is 0.306 e. The molecule has 0 aliphatic rings. The van der Waals surface area contributed by atoms with Crippen LogP contribution in [0, 0.1) is 0 Å². The molecule has 1 aromatic rings. The fourth-order valence-electron chi connectivity index (χ4n) is 1.25. The molecule has 0 aliphatic carbocycles. The summed E-state index contributed by atoms with van der Waals surface area (Å²) in [5.41, 5.74) is 5.00. The first-order valence-corrected chi connectivity index (χ1v) is 7.22. The minimum Gasteiger partial charge on any atom is -0.453 e. The van der Waals surface area contributed by atoms with E-state index in [4.69, 9.17) is 22.1 Å². The van der Waals surface area contributed by atoms with Gasteiger partial charge in [-0.3, -0.25) is 9.59 Å². The quantitative estimate of drug-likeness (QED) is 0.477. The molecule has 1 aromatic carbocycles. The highest BCUT2D eigenvalue weighted by Gasteiger charge is 2.13. The van der Waals surface area contributed by atoms with Crippen molar-refractivity contribution in [1.82, 2.24) is 0 Å². The van der Waals surface area contributed by atoms with Gasteiger partial charge in [-0.1, -0.05) is 11.6 Å². The molecule has 104 valence electrons. The van der Waals surface area contributed by atoms with Crippen molar-refractivity contribution in [2.24, 2.45) is 5.73 Å². The van der Waals surface area contributed by atoms with Gasteiger partial charge in [0.05, 0.1) is 0 Å². The van der Waals surface area contributed by atoms with E-state index in [1.807, 2.05) is 24.3 Å². The molecule has 0 saturated heterocycles. The van der Waals surface area contributed by atoms with Crippen LogP contribution in [-0.4, -0.2) is 23.7 Å². The van der Waals surface area contributed by atoms with E-state index < -0.39 is 18.0 Å². The third-order valence-corrected chi connectivity index (χ3v) is 3.67. The number of nitrogens with two attached hydrogens (primary N) is 1. The molecule has 0 aromatic heterocycles. The predicted octanol–water partition coefficient (Wildman–Crippen LogP) is 2.63. The van der Waals surface area contributed by atoms with E-state index in [0.717, 1.165) is 10.6 Å². The summed E-state index contributed by atoms with van der Waals surface area (Å²) in [5, 5.41) is 0.702. The molecule has 0 radical (unpaired) electrons. The van der Waals surface area contributed by atoms with E-state index in [2.05, 4.69) is 0 Å². The smallest absolute Gasteiger partial charge is 0.306 e. The average Bonchev–Trinajstić information content (AvgIpc) is 2.36. The molecule has 0 heterocycles. The van der Waals surface area contributed by atoms with Gasteiger partial charge in [-0.05, 0) is 43.4 Å². The number of primary amides is 1. The number of rotatable bonds is 7. The first-order chi connectivity index (χ1) is 8.99. The van der Waals surface area contributed by atoms with Gasteiger partial charge in [0, 0.05) is 16.3 Å². The standard InChI is InChI=1S/C13H16ClNO3S/c1-9(13(15)17)18-12(16)3-2-8-19-11-6-4-10(14)5-7-11/h4-7,9H,2-3,8H2,1H3,(H2,15,17)/t9-/m0/s1. The van der Waals surface area contributed by atoms with Crippen LogP contribution in [0.1, 0.15) is 19.8 Å². The van der Waals surface area contributed by atoms with Crippen molar-refractivity contribution in [3.05, 3.63) is 29.3 Å². The van der Waals surface area contributed by atoms with Crippen molar-refractivity contribution >= 4 is 35.2 Å². The molecule has 0 spiro atoms. The van der Waals surface area contributed by atoms with Crippen LogP contribution in [0.3, 0.4) is 0 Å². The maximum atomic E-state index is 11.4. The van der Waals surface area contributed by atoms with Crippen molar-refractivity contribution in [3.8, 4) is 0 Å². The zero-order valence-electron chi connectivity index (χ0n) is 10.6. The molecule has 1 amide bonds. The summed E-state index contributed by atoms with van der Waals surface area (Å²) in [5.74, 6) is -0.242. The van der Waals surface area contributed by atoms with Crippen LogP contribution in [-0.2, 0) is 14.3 Å².